The van der Waals surface area contributed by atoms with Gasteiger partial charge in [0.15, 0.2) is 4.77 Å². The van der Waals surface area contributed by atoms with Crippen LogP contribution in [0, 0.1) is 11.7 Å². The maximum Gasteiger partial charge on any atom is 0.178 e. The van der Waals surface area contributed by atoms with Crippen LogP contribution in [0.25, 0.3) is 11.0 Å². The predicted molar refractivity (Wildman–Crippen MR) is 78.0 cm³/mol. The second-order valence-corrected chi connectivity index (χ2v) is 6.98. The molecule has 0 amide bonds. The first-order valence-corrected chi connectivity index (χ1v) is 8.10. The van der Waals surface area contributed by atoms with Crippen molar-refractivity contribution in [2.75, 3.05) is 11.5 Å². The van der Waals surface area contributed by atoms with E-state index in [9.17, 15) is 4.21 Å². The fourth-order valence-corrected chi connectivity index (χ4v) is 4.28. The van der Waals surface area contributed by atoms with Gasteiger partial charge in [0, 0.05) is 28.3 Å². The van der Waals surface area contributed by atoms with Gasteiger partial charge in [0.2, 0.25) is 0 Å². The van der Waals surface area contributed by atoms with Crippen LogP contribution in [0.5, 0.6) is 0 Å². The third kappa shape index (κ3) is 2.06. The molecule has 1 aliphatic heterocycles. The summed E-state index contributed by atoms with van der Waals surface area (Å²) in [6.45, 7) is 2.08. The molecule has 3 rings (SSSR count). The summed E-state index contributed by atoms with van der Waals surface area (Å²) in [6.07, 6.45) is 1.92. The average molecular weight is 280 g/mol. The second-order valence-electron chi connectivity index (χ2n) is 4.90. The third-order valence-corrected chi connectivity index (χ3v) is 5.28. The Morgan fingerprint density at radius 2 is 2.11 bits per heavy atom. The molecule has 1 aliphatic rings. The van der Waals surface area contributed by atoms with Gasteiger partial charge < -0.3 is 9.55 Å². The first kappa shape index (κ1) is 12.1. The molecule has 2 heterocycles. The molecule has 0 bridgehead atoms. The van der Waals surface area contributed by atoms with Crippen molar-refractivity contribution in [1.82, 2.24) is 9.55 Å². The quantitative estimate of drug-likeness (QED) is 0.815. The Bertz CT molecular complexity index is 661. The highest BCUT2D eigenvalue weighted by atomic mass is 32.2. The van der Waals surface area contributed by atoms with Gasteiger partial charge in [-0.05, 0) is 49.7 Å². The van der Waals surface area contributed by atoms with E-state index in [0.717, 1.165) is 34.6 Å². The zero-order valence-electron chi connectivity index (χ0n) is 10.3. The van der Waals surface area contributed by atoms with Gasteiger partial charge >= 0.3 is 0 Å². The second kappa shape index (κ2) is 4.63. The van der Waals surface area contributed by atoms with E-state index in [0.29, 0.717) is 6.04 Å². The van der Waals surface area contributed by atoms with Crippen LogP contribution in [-0.4, -0.2) is 25.3 Å². The zero-order chi connectivity index (χ0) is 12.7. The molecule has 0 radical (unpaired) electrons. The van der Waals surface area contributed by atoms with Crippen LogP contribution in [-0.2, 0) is 10.8 Å². The lowest BCUT2D eigenvalue weighted by molar-refractivity contribution is 0.468. The summed E-state index contributed by atoms with van der Waals surface area (Å²) < 4.78 is 14.4. The largest absolute Gasteiger partial charge is 0.331 e. The molecule has 5 heteroatoms. The molecule has 1 N–H and O–H groups in total. The van der Waals surface area contributed by atoms with Crippen molar-refractivity contribution in [2.24, 2.45) is 0 Å². The van der Waals surface area contributed by atoms with E-state index < -0.39 is 10.8 Å². The highest BCUT2D eigenvalue weighted by Gasteiger charge is 2.21. The minimum atomic E-state index is -0.624. The maximum atomic E-state index is 11.4. The summed E-state index contributed by atoms with van der Waals surface area (Å²) >= 11 is 5.44. The van der Waals surface area contributed by atoms with E-state index in [2.05, 4.69) is 34.7 Å². The third-order valence-electron chi connectivity index (χ3n) is 3.59. The van der Waals surface area contributed by atoms with E-state index in [1.807, 2.05) is 0 Å². The van der Waals surface area contributed by atoms with Crippen LogP contribution in [0.4, 0.5) is 0 Å². The summed E-state index contributed by atoms with van der Waals surface area (Å²) in [5.41, 5.74) is 3.51. The van der Waals surface area contributed by atoms with Crippen LogP contribution in [0.2, 0.25) is 0 Å². The van der Waals surface area contributed by atoms with E-state index in [4.69, 9.17) is 12.2 Å². The Balaban J connectivity index is 2.08. The van der Waals surface area contributed by atoms with Gasteiger partial charge in [-0.15, -0.1) is 0 Å². The van der Waals surface area contributed by atoms with E-state index in [1.54, 1.807) is 0 Å². The van der Waals surface area contributed by atoms with Crippen LogP contribution >= 0.6 is 12.2 Å². The van der Waals surface area contributed by atoms with Crippen molar-refractivity contribution in [3.63, 3.8) is 0 Å². The van der Waals surface area contributed by atoms with E-state index in [-0.39, 0.29) is 0 Å². The SMILES string of the molecule is Cc1ccc2c(c1)[nH]c(=S)n2C1CCS(=O)CC1. The molecule has 0 unspecified atom stereocenters. The summed E-state index contributed by atoms with van der Waals surface area (Å²) in [6, 6.07) is 6.76. The number of hydrogen-bond donors (Lipinski definition) is 1. The average Bonchev–Trinajstić information content (AvgIpc) is 2.65. The Morgan fingerprint density at radius 3 is 2.83 bits per heavy atom. The molecule has 0 aliphatic carbocycles. The molecule has 0 saturated carbocycles. The van der Waals surface area contributed by atoms with Crippen molar-refractivity contribution in [1.29, 1.82) is 0 Å². The number of nitrogens with one attached hydrogen (secondary N) is 1. The van der Waals surface area contributed by atoms with Gasteiger partial charge in [-0.2, -0.15) is 0 Å². The van der Waals surface area contributed by atoms with Crippen molar-refractivity contribution >= 4 is 34.1 Å². The monoisotopic (exact) mass is 280 g/mol. The van der Waals surface area contributed by atoms with Gasteiger partial charge in [0.05, 0.1) is 11.0 Å². The van der Waals surface area contributed by atoms with Crippen LogP contribution in [0.1, 0.15) is 24.4 Å². The molecule has 96 valence electrons. The lowest BCUT2D eigenvalue weighted by Crippen LogP contribution is -2.21. The number of benzene rings is 1. The standard InChI is InChI=1S/C13H16N2OS2/c1-9-2-3-12-11(8-9)14-13(17)15(12)10-4-6-18(16)7-5-10/h2-3,8,10H,4-7H2,1H3,(H,14,17). The Hall–Kier alpha value is -0.940. The fourth-order valence-electron chi connectivity index (χ4n) is 2.65. The normalized spacial score (nSPS) is 24.5. The van der Waals surface area contributed by atoms with Crippen LogP contribution in [0.15, 0.2) is 18.2 Å². The molecule has 1 aromatic carbocycles. The summed E-state index contributed by atoms with van der Waals surface area (Å²) in [7, 11) is -0.624. The maximum absolute atomic E-state index is 11.4. The molecular formula is C13H16N2OS2. The Labute approximate surface area is 114 Å². The van der Waals surface area contributed by atoms with Crippen molar-refractivity contribution in [3.8, 4) is 0 Å². The van der Waals surface area contributed by atoms with Crippen molar-refractivity contribution in [3.05, 3.63) is 28.5 Å². The lowest BCUT2D eigenvalue weighted by Gasteiger charge is -2.23. The number of hydrogen-bond acceptors (Lipinski definition) is 2. The fraction of sp³-hybridized carbons (Fsp3) is 0.462. The Morgan fingerprint density at radius 1 is 1.39 bits per heavy atom. The van der Waals surface area contributed by atoms with Crippen molar-refractivity contribution < 1.29 is 4.21 Å². The summed E-state index contributed by atoms with van der Waals surface area (Å²) in [5.74, 6) is 1.59. The topological polar surface area (TPSA) is 37.8 Å². The van der Waals surface area contributed by atoms with E-state index in [1.165, 1.54) is 11.1 Å². The number of nitrogens with zero attached hydrogens (tertiary/aromatic N) is 1. The number of aromatic nitrogens is 2. The van der Waals surface area contributed by atoms with Crippen LogP contribution in [0.3, 0.4) is 0 Å². The van der Waals surface area contributed by atoms with Crippen LogP contribution < -0.4 is 0 Å². The number of fused-ring (bicyclic) bond motifs is 1. The number of aromatic amines is 1. The number of rotatable bonds is 1. The smallest absolute Gasteiger partial charge is 0.178 e. The van der Waals surface area contributed by atoms with Gasteiger partial charge in [-0.1, -0.05) is 6.07 Å². The lowest BCUT2D eigenvalue weighted by atomic mass is 10.1. The minimum Gasteiger partial charge on any atom is -0.331 e. The Kier molecular flexibility index (Phi) is 3.11. The highest BCUT2D eigenvalue weighted by Crippen LogP contribution is 2.27. The van der Waals surface area contributed by atoms with Gasteiger partial charge in [-0.25, -0.2) is 0 Å². The highest BCUT2D eigenvalue weighted by molar-refractivity contribution is 7.85. The van der Waals surface area contributed by atoms with Gasteiger partial charge in [0.25, 0.3) is 0 Å². The van der Waals surface area contributed by atoms with E-state index >= 15 is 0 Å². The minimum absolute atomic E-state index is 0.395. The molecule has 3 nitrogen and oxygen atoms in total. The zero-order valence-corrected chi connectivity index (χ0v) is 11.9. The van der Waals surface area contributed by atoms with Crippen molar-refractivity contribution in [2.45, 2.75) is 25.8 Å². The molecule has 1 saturated heterocycles. The molecule has 0 atom stereocenters. The van der Waals surface area contributed by atoms with Gasteiger partial charge in [-0.3, -0.25) is 4.21 Å². The predicted octanol–water partition coefficient (Wildman–Crippen LogP) is 3.09. The number of aryl methyl sites for hydroxylation is 1. The number of H-pyrrole nitrogens is 1. The number of imidazole rings is 1. The summed E-state index contributed by atoms with van der Waals surface area (Å²) in [5, 5.41) is 0. The first-order valence-electron chi connectivity index (χ1n) is 6.21. The van der Waals surface area contributed by atoms with Gasteiger partial charge in [0.1, 0.15) is 0 Å². The molecule has 0 spiro atoms. The molecule has 18 heavy (non-hydrogen) atoms. The molecule has 1 fully saturated rings. The molecule has 2 aromatic rings. The summed E-state index contributed by atoms with van der Waals surface area (Å²) in [4.78, 5) is 3.28. The molecular weight excluding hydrogens is 264 g/mol. The first-order chi connectivity index (χ1) is 8.65. The molecule has 1 aromatic heterocycles.